The molecule has 0 spiro atoms. The van der Waals surface area contributed by atoms with E-state index >= 15 is 0 Å². The minimum Gasteiger partial charge on any atom is -0.352 e. The Morgan fingerprint density at radius 3 is 2.41 bits per heavy atom. The maximum Gasteiger partial charge on any atom is 0.256 e. The second-order valence-electron chi connectivity index (χ2n) is 7.56. The molecule has 0 radical (unpaired) electrons. The Hall–Kier alpha value is -1.76. The van der Waals surface area contributed by atoms with Gasteiger partial charge in [-0.1, -0.05) is 26.7 Å². The van der Waals surface area contributed by atoms with E-state index in [-0.39, 0.29) is 23.1 Å². The molecule has 1 aromatic rings. The Balaban J connectivity index is 2.24. The molecular formula is C20H31N3O3S. The molecule has 27 heavy (non-hydrogen) atoms. The predicted molar refractivity (Wildman–Crippen MR) is 111 cm³/mol. The first-order valence-corrected chi connectivity index (χ1v) is 11.1. The third-order valence-corrected chi connectivity index (χ3v) is 5.34. The summed E-state index contributed by atoms with van der Waals surface area (Å²) in [5.41, 5.74) is -0.397. The highest BCUT2D eigenvalue weighted by Crippen LogP contribution is 2.18. The van der Waals surface area contributed by atoms with Gasteiger partial charge in [-0.2, -0.15) is 11.8 Å². The molecule has 1 aromatic heterocycles. The molecule has 1 saturated carbocycles. The molecule has 6 nitrogen and oxygen atoms in total. The van der Waals surface area contributed by atoms with Crippen molar-refractivity contribution in [3.05, 3.63) is 33.7 Å². The lowest BCUT2D eigenvalue weighted by Gasteiger charge is -2.16. The van der Waals surface area contributed by atoms with Gasteiger partial charge < -0.3 is 15.2 Å². The fourth-order valence-corrected chi connectivity index (χ4v) is 3.76. The minimum atomic E-state index is -0.493. The van der Waals surface area contributed by atoms with Crippen molar-refractivity contribution in [3.8, 4) is 0 Å². The average Bonchev–Trinajstić information content (AvgIpc) is 3.12. The van der Waals surface area contributed by atoms with E-state index in [1.165, 1.54) is 0 Å². The molecule has 0 unspecified atom stereocenters. The fourth-order valence-electron chi connectivity index (χ4n) is 3.33. The van der Waals surface area contributed by atoms with E-state index in [9.17, 15) is 14.4 Å². The van der Waals surface area contributed by atoms with Crippen molar-refractivity contribution < 1.29 is 9.59 Å². The molecule has 1 aliphatic carbocycles. The maximum atomic E-state index is 12.8. The molecule has 7 heteroatoms. The van der Waals surface area contributed by atoms with Crippen molar-refractivity contribution in [3.63, 3.8) is 0 Å². The van der Waals surface area contributed by atoms with Crippen molar-refractivity contribution in [1.82, 2.24) is 15.2 Å². The molecule has 0 atom stereocenters. The number of thioether (sulfide) groups is 1. The molecular weight excluding hydrogens is 362 g/mol. The van der Waals surface area contributed by atoms with Gasteiger partial charge in [-0.3, -0.25) is 14.4 Å². The molecule has 2 amide bonds. The van der Waals surface area contributed by atoms with Crippen LogP contribution in [0.4, 0.5) is 0 Å². The molecule has 1 fully saturated rings. The van der Waals surface area contributed by atoms with E-state index < -0.39 is 11.3 Å². The van der Waals surface area contributed by atoms with Crippen LogP contribution in [0.25, 0.3) is 0 Å². The second-order valence-corrected chi connectivity index (χ2v) is 8.55. The molecule has 2 rings (SSSR count). The van der Waals surface area contributed by atoms with Crippen LogP contribution < -0.4 is 16.1 Å². The Kier molecular flexibility index (Phi) is 8.41. The van der Waals surface area contributed by atoms with E-state index in [1.54, 1.807) is 28.7 Å². The Morgan fingerprint density at radius 1 is 1.19 bits per heavy atom. The number of pyridine rings is 1. The van der Waals surface area contributed by atoms with E-state index in [0.717, 1.165) is 37.9 Å². The molecule has 0 bridgehead atoms. The largest absolute Gasteiger partial charge is 0.352 e. The van der Waals surface area contributed by atoms with Gasteiger partial charge in [0.2, 0.25) is 5.43 Å². The van der Waals surface area contributed by atoms with Crippen LogP contribution in [0, 0.1) is 5.92 Å². The van der Waals surface area contributed by atoms with Crippen molar-refractivity contribution in [2.75, 3.05) is 18.6 Å². The Labute approximate surface area is 165 Å². The highest BCUT2D eigenvalue weighted by Gasteiger charge is 2.23. The summed E-state index contributed by atoms with van der Waals surface area (Å²) in [5.74, 6) is 0.494. The van der Waals surface area contributed by atoms with E-state index in [4.69, 9.17) is 0 Å². The van der Waals surface area contributed by atoms with E-state index in [2.05, 4.69) is 24.5 Å². The van der Waals surface area contributed by atoms with Gasteiger partial charge in [-0.15, -0.1) is 0 Å². The zero-order valence-corrected chi connectivity index (χ0v) is 17.4. The maximum absolute atomic E-state index is 12.8. The summed E-state index contributed by atoms with van der Waals surface area (Å²) < 4.78 is 1.78. The topological polar surface area (TPSA) is 80.2 Å². The van der Waals surface area contributed by atoms with Crippen molar-refractivity contribution in [1.29, 1.82) is 0 Å². The van der Waals surface area contributed by atoms with E-state index in [1.807, 2.05) is 6.26 Å². The number of nitrogens with one attached hydrogen (secondary N) is 2. The highest BCUT2D eigenvalue weighted by molar-refractivity contribution is 7.98. The summed E-state index contributed by atoms with van der Waals surface area (Å²) in [6.45, 7) is 5.26. The smallest absolute Gasteiger partial charge is 0.256 e. The quantitative estimate of drug-likeness (QED) is 0.632. The van der Waals surface area contributed by atoms with Crippen LogP contribution in [-0.4, -0.2) is 41.0 Å². The molecule has 0 saturated heterocycles. The summed E-state index contributed by atoms with van der Waals surface area (Å²) in [6.07, 6.45) is 10.1. The molecule has 150 valence electrons. The van der Waals surface area contributed by atoms with Crippen LogP contribution in [0.1, 0.15) is 66.7 Å². The summed E-state index contributed by atoms with van der Waals surface area (Å²) in [7, 11) is 0. The van der Waals surface area contributed by atoms with Crippen LogP contribution >= 0.6 is 11.8 Å². The second kappa shape index (κ2) is 10.5. The lowest BCUT2D eigenvalue weighted by atomic mass is 10.1. The number of hydrogen-bond acceptors (Lipinski definition) is 4. The van der Waals surface area contributed by atoms with E-state index in [0.29, 0.717) is 19.0 Å². The Bertz CT molecular complexity index is 709. The van der Waals surface area contributed by atoms with Crippen molar-refractivity contribution >= 4 is 23.6 Å². The third kappa shape index (κ3) is 6.41. The number of amides is 2. The monoisotopic (exact) mass is 393 g/mol. The number of carbonyl (C=O) groups is 2. The van der Waals surface area contributed by atoms with Crippen LogP contribution in [0.2, 0.25) is 0 Å². The molecule has 1 aliphatic rings. The van der Waals surface area contributed by atoms with Crippen LogP contribution in [0.5, 0.6) is 0 Å². The number of nitrogens with zero attached hydrogens (tertiary/aromatic N) is 1. The first kappa shape index (κ1) is 21.5. The number of rotatable bonds is 9. The predicted octanol–water partition coefficient (Wildman–Crippen LogP) is 2.66. The van der Waals surface area contributed by atoms with Gasteiger partial charge in [0, 0.05) is 31.5 Å². The van der Waals surface area contributed by atoms with Crippen molar-refractivity contribution in [2.45, 2.75) is 58.5 Å². The van der Waals surface area contributed by atoms with Gasteiger partial charge in [0.05, 0.1) is 0 Å². The zero-order valence-electron chi connectivity index (χ0n) is 16.5. The molecule has 0 aromatic carbocycles. The third-order valence-electron chi connectivity index (χ3n) is 4.65. The van der Waals surface area contributed by atoms with Gasteiger partial charge in [-0.05, 0) is 37.2 Å². The first-order valence-electron chi connectivity index (χ1n) is 9.74. The van der Waals surface area contributed by atoms with Crippen LogP contribution in [0.15, 0.2) is 17.2 Å². The summed E-state index contributed by atoms with van der Waals surface area (Å²) in [5, 5.41) is 5.75. The Morgan fingerprint density at radius 2 is 1.81 bits per heavy atom. The van der Waals surface area contributed by atoms with Crippen LogP contribution in [-0.2, 0) is 6.54 Å². The molecule has 1 heterocycles. The molecule has 2 N–H and O–H groups in total. The lowest BCUT2D eigenvalue weighted by Crippen LogP contribution is -2.39. The van der Waals surface area contributed by atoms with Gasteiger partial charge in [0.1, 0.15) is 11.1 Å². The van der Waals surface area contributed by atoms with Gasteiger partial charge >= 0.3 is 0 Å². The van der Waals surface area contributed by atoms with Gasteiger partial charge in [0.25, 0.3) is 11.8 Å². The average molecular weight is 394 g/mol. The summed E-state index contributed by atoms with van der Waals surface area (Å²) >= 11 is 1.71. The molecule has 0 aliphatic heterocycles. The minimum absolute atomic E-state index is 0.0406. The lowest BCUT2D eigenvalue weighted by molar-refractivity contribution is 0.0935. The normalized spacial score (nSPS) is 14.5. The summed E-state index contributed by atoms with van der Waals surface area (Å²) in [4.78, 5) is 38.0. The number of hydrogen-bond donors (Lipinski definition) is 2. The number of aromatic nitrogens is 1. The van der Waals surface area contributed by atoms with Crippen LogP contribution in [0.3, 0.4) is 0 Å². The number of carbonyl (C=O) groups excluding carboxylic acids is 2. The highest BCUT2D eigenvalue weighted by atomic mass is 32.2. The summed E-state index contributed by atoms with van der Waals surface area (Å²) in [6, 6.07) is 0.125. The van der Waals surface area contributed by atoms with Crippen molar-refractivity contribution in [2.24, 2.45) is 5.92 Å². The van der Waals surface area contributed by atoms with Gasteiger partial charge in [-0.25, -0.2) is 0 Å². The van der Waals surface area contributed by atoms with Gasteiger partial charge in [0.15, 0.2) is 0 Å². The SMILES string of the molecule is CSCCCNC(=O)c1cn(CC(C)C)cc(C(=O)NC2CCCC2)c1=O. The first-order chi connectivity index (χ1) is 12.9. The zero-order chi connectivity index (χ0) is 19.8. The fraction of sp³-hybridized carbons (Fsp3) is 0.650. The standard InChI is InChI=1S/C20H31N3O3S/c1-14(2)11-23-12-16(19(25)21-9-6-10-27-3)18(24)17(13-23)20(26)22-15-7-4-5-8-15/h12-15H,4-11H2,1-3H3,(H,21,25)(H,22,26).